The van der Waals surface area contributed by atoms with Crippen molar-refractivity contribution in [2.75, 3.05) is 6.54 Å². The van der Waals surface area contributed by atoms with Crippen LogP contribution in [0.25, 0.3) is 0 Å². The lowest BCUT2D eigenvalue weighted by Crippen LogP contribution is -2.35. The normalized spacial score (nSPS) is 25.0. The third-order valence-electron chi connectivity index (χ3n) is 4.99. The van der Waals surface area contributed by atoms with Gasteiger partial charge >= 0.3 is 5.97 Å². The van der Waals surface area contributed by atoms with E-state index >= 15 is 0 Å². The first kappa shape index (κ1) is 15.9. The summed E-state index contributed by atoms with van der Waals surface area (Å²) in [4.78, 5) is 24.8. The number of halogens is 2. The predicted octanol–water partition coefficient (Wildman–Crippen LogP) is 2.81. The van der Waals surface area contributed by atoms with Crippen LogP contribution in [0, 0.1) is 29.4 Å². The maximum atomic E-state index is 13.8. The quantitative estimate of drug-likeness (QED) is 0.876. The zero-order valence-corrected chi connectivity index (χ0v) is 12.7. The average Bonchev–Trinajstić information content (AvgIpc) is 2.99. The number of hydrogen-bond donors (Lipinski definition) is 1. The highest BCUT2D eigenvalue weighted by molar-refractivity contribution is 5.83. The van der Waals surface area contributed by atoms with Crippen LogP contribution in [0.2, 0.25) is 0 Å². The predicted molar refractivity (Wildman–Crippen MR) is 78.3 cm³/mol. The molecular formula is C17H19F2NO3. The summed E-state index contributed by atoms with van der Waals surface area (Å²) in [5.74, 6) is -2.34. The number of fused-ring (bicyclic) bond motifs is 1. The number of carboxylic acids is 1. The van der Waals surface area contributed by atoms with Crippen LogP contribution in [0.3, 0.4) is 0 Å². The molecule has 0 radical (unpaired) electrons. The molecule has 2 fully saturated rings. The lowest BCUT2D eigenvalue weighted by molar-refractivity contribution is -0.139. The Morgan fingerprint density at radius 2 is 1.91 bits per heavy atom. The van der Waals surface area contributed by atoms with E-state index in [1.54, 1.807) is 0 Å². The monoisotopic (exact) mass is 323 g/mol. The molecule has 0 aromatic heterocycles. The Kier molecular flexibility index (Phi) is 4.33. The number of rotatable bonds is 6. The molecule has 2 aliphatic carbocycles. The first-order valence-electron chi connectivity index (χ1n) is 7.92. The summed E-state index contributed by atoms with van der Waals surface area (Å²) in [6.07, 6.45) is 2.99. The second kappa shape index (κ2) is 6.26. The molecule has 2 saturated carbocycles. The lowest BCUT2D eigenvalue weighted by Gasteiger charge is -2.23. The SMILES string of the molecule is O=C(O)CCN(Cc1cccc(F)c1F)C(=O)C1[C@H]2CCC[C@@H]12. The van der Waals surface area contributed by atoms with Gasteiger partial charge in [-0.1, -0.05) is 18.6 Å². The van der Waals surface area contributed by atoms with Crippen LogP contribution in [0.5, 0.6) is 0 Å². The lowest BCUT2D eigenvalue weighted by atomic mass is 10.1. The highest BCUT2D eigenvalue weighted by Gasteiger charge is 2.57. The number of aliphatic carboxylic acids is 1. The summed E-state index contributed by atoms with van der Waals surface area (Å²) >= 11 is 0. The van der Waals surface area contributed by atoms with Crippen molar-refractivity contribution in [3.05, 3.63) is 35.4 Å². The Hall–Kier alpha value is -1.98. The number of carboxylic acid groups (broad SMARTS) is 1. The molecular weight excluding hydrogens is 304 g/mol. The van der Waals surface area contributed by atoms with E-state index in [1.807, 2.05) is 0 Å². The van der Waals surface area contributed by atoms with Crippen LogP contribution < -0.4 is 0 Å². The number of carbonyl (C=O) groups is 2. The van der Waals surface area contributed by atoms with E-state index in [0.717, 1.165) is 25.3 Å². The second-order valence-corrected chi connectivity index (χ2v) is 6.40. The zero-order valence-electron chi connectivity index (χ0n) is 12.7. The number of carbonyl (C=O) groups excluding carboxylic acids is 1. The maximum Gasteiger partial charge on any atom is 0.305 e. The third kappa shape index (κ3) is 3.21. The summed E-state index contributed by atoms with van der Waals surface area (Å²) in [6.45, 7) is -0.0777. The highest BCUT2D eigenvalue weighted by atomic mass is 19.2. The molecule has 124 valence electrons. The number of amides is 1. The van der Waals surface area contributed by atoms with Gasteiger partial charge in [0.05, 0.1) is 6.42 Å². The van der Waals surface area contributed by atoms with Gasteiger partial charge in [-0.15, -0.1) is 0 Å². The van der Waals surface area contributed by atoms with Crippen molar-refractivity contribution in [2.45, 2.75) is 32.2 Å². The van der Waals surface area contributed by atoms with Gasteiger partial charge in [0, 0.05) is 24.6 Å². The van der Waals surface area contributed by atoms with Gasteiger partial charge < -0.3 is 10.0 Å². The topological polar surface area (TPSA) is 57.6 Å². The Morgan fingerprint density at radius 3 is 2.57 bits per heavy atom. The van der Waals surface area contributed by atoms with Crippen LogP contribution in [0.15, 0.2) is 18.2 Å². The smallest absolute Gasteiger partial charge is 0.305 e. The van der Waals surface area contributed by atoms with E-state index in [9.17, 15) is 18.4 Å². The minimum absolute atomic E-state index is 0.0139. The fourth-order valence-corrected chi connectivity index (χ4v) is 3.77. The first-order valence-corrected chi connectivity index (χ1v) is 7.92. The molecule has 1 aromatic carbocycles. The standard InChI is InChI=1S/C17H19F2NO3/c18-13-6-1-3-10(16(13)19)9-20(8-7-14(21)22)17(23)15-11-4-2-5-12(11)15/h1,3,6,11-12,15H,2,4-5,7-9H2,(H,21,22)/t11-,12+,15?. The van der Waals surface area contributed by atoms with Crippen LogP contribution in [-0.4, -0.2) is 28.4 Å². The van der Waals surface area contributed by atoms with E-state index in [-0.39, 0.29) is 36.9 Å². The van der Waals surface area contributed by atoms with Gasteiger partial charge in [0.25, 0.3) is 0 Å². The highest BCUT2D eigenvalue weighted by Crippen LogP contribution is 2.58. The van der Waals surface area contributed by atoms with Crippen LogP contribution in [-0.2, 0) is 16.1 Å². The van der Waals surface area contributed by atoms with Gasteiger partial charge in [-0.2, -0.15) is 0 Å². The van der Waals surface area contributed by atoms with Crippen molar-refractivity contribution in [2.24, 2.45) is 17.8 Å². The van der Waals surface area contributed by atoms with E-state index in [2.05, 4.69) is 0 Å². The molecule has 0 saturated heterocycles. The third-order valence-corrected chi connectivity index (χ3v) is 4.99. The molecule has 0 bridgehead atoms. The van der Waals surface area contributed by atoms with Gasteiger partial charge in [-0.3, -0.25) is 9.59 Å². The van der Waals surface area contributed by atoms with Crippen LogP contribution >= 0.6 is 0 Å². The van der Waals surface area contributed by atoms with Gasteiger partial charge in [-0.25, -0.2) is 8.78 Å². The van der Waals surface area contributed by atoms with Crippen molar-refractivity contribution in [1.29, 1.82) is 0 Å². The Morgan fingerprint density at radius 1 is 1.22 bits per heavy atom. The first-order chi connectivity index (χ1) is 11.0. The molecule has 3 rings (SSSR count). The number of benzene rings is 1. The molecule has 4 nitrogen and oxygen atoms in total. The van der Waals surface area contributed by atoms with Crippen molar-refractivity contribution in [3.8, 4) is 0 Å². The second-order valence-electron chi connectivity index (χ2n) is 6.40. The fourth-order valence-electron chi connectivity index (χ4n) is 3.77. The van der Waals surface area contributed by atoms with E-state index in [4.69, 9.17) is 5.11 Å². The summed E-state index contributed by atoms with van der Waals surface area (Å²) in [7, 11) is 0. The van der Waals surface area contributed by atoms with Crippen molar-refractivity contribution in [3.63, 3.8) is 0 Å². The molecule has 23 heavy (non-hydrogen) atoms. The van der Waals surface area contributed by atoms with Crippen LogP contribution in [0.4, 0.5) is 8.78 Å². The molecule has 1 unspecified atom stereocenters. The molecule has 2 aliphatic rings. The van der Waals surface area contributed by atoms with Crippen molar-refractivity contribution >= 4 is 11.9 Å². The summed E-state index contributed by atoms with van der Waals surface area (Å²) < 4.78 is 27.2. The van der Waals surface area contributed by atoms with Gasteiger partial charge in [0.1, 0.15) is 0 Å². The maximum absolute atomic E-state index is 13.8. The Balaban J connectivity index is 1.74. The molecule has 1 N–H and O–H groups in total. The molecule has 0 spiro atoms. The zero-order chi connectivity index (χ0) is 16.6. The molecule has 6 heteroatoms. The molecule has 3 atom stereocenters. The Labute approximate surface area is 133 Å². The molecule has 0 aliphatic heterocycles. The van der Waals surface area contributed by atoms with Gasteiger partial charge in [0.15, 0.2) is 11.6 Å². The number of hydrogen-bond acceptors (Lipinski definition) is 2. The van der Waals surface area contributed by atoms with E-state index in [1.165, 1.54) is 17.0 Å². The minimum atomic E-state index is -1.02. The fraction of sp³-hybridized carbons (Fsp3) is 0.529. The van der Waals surface area contributed by atoms with Crippen molar-refractivity contribution in [1.82, 2.24) is 4.90 Å². The molecule has 1 amide bonds. The summed E-state index contributed by atoms with van der Waals surface area (Å²) in [5, 5.41) is 8.85. The van der Waals surface area contributed by atoms with Gasteiger partial charge in [-0.05, 0) is 30.7 Å². The van der Waals surface area contributed by atoms with Crippen molar-refractivity contribution < 1.29 is 23.5 Å². The van der Waals surface area contributed by atoms with E-state index < -0.39 is 17.6 Å². The van der Waals surface area contributed by atoms with E-state index in [0.29, 0.717) is 11.8 Å². The largest absolute Gasteiger partial charge is 0.481 e. The Bertz CT molecular complexity index is 624. The van der Waals surface area contributed by atoms with Gasteiger partial charge in [0.2, 0.25) is 5.91 Å². The molecule has 0 heterocycles. The summed E-state index contributed by atoms with van der Waals surface area (Å²) in [5.41, 5.74) is 0.0783. The number of nitrogens with zero attached hydrogens (tertiary/aromatic N) is 1. The summed E-state index contributed by atoms with van der Waals surface area (Å²) in [6, 6.07) is 3.83. The minimum Gasteiger partial charge on any atom is -0.481 e. The van der Waals surface area contributed by atoms with Crippen LogP contribution in [0.1, 0.15) is 31.2 Å². The molecule has 1 aromatic rings. The average molecular weight is 323 g/mol.